The number of carbonyl (C=O) groups is 2. The highest BCUT2D eigenvalue weighted by atomic mass is 19.4. The number of hydrogen-bond acceptors (Lipinski definition) is 4. The van der Waals surface area contributed by atoms with E-state index in [4.69, 9.17) is 4.42 Å². The van der Waals surface area contributed by atoms with Crippen LogP contribution in [-0.2, 0) is 9.59 Å². The van der Waals surface area contributed by atoms with Crippen molar-refractivity contribution in [3.63, 3.8) is 0 Å². The number of carbonyl (C=O) groups excluding carboxylic acids is 2. The first-order valence-corrected chi connectivity index (χ1v) is 8.03. The van der Waals surface area contributed by atoms with Gasteiger partial charge in [0.1, 0.15) is 5.76 Å². The standard InChI is InChI=1S/C16H22F3N3O3/c1-21(2)12(13-4-3-9-25-13)10-20-14(23)11-5-7-22(8-6-11)15(24)16(17,18)19/h3-4,9,11-12H,5-8,10H2,1-2H3,(H,20,23). The van der Waals surface area contributed by atoms with Gasteiger partial charge in [0.15, 0.2) is 0 Å². The van der Waals surface area contributed by atoms with Crippen molar-refractivity contribution in [3.8, 4) is 0 Å². The third-order valence-corrected chi connectivity index (χ3v) is 4.36. The number of furan rings is 1. The van der Waals surface area contributed by atoms with Crippen LogP contribution >= 0.6 is 0 Å². The van der Waals surface area contributed by atoms with Crippen LogP contribution in [0.5, 0.6) is 0 Å². The van der Waals surface area contributed by atoms with E-state index in [1.54, 1.807) is 12.3 Å². The molecule has 1 aromatic rings. The van der Waals surface area contributed by atoms with Crippen molar-refractivity contribution in [3.05, 3.63) is 24.2 Å². The molecule has 2 heterocycles. The van der Waals surface area contributed by atoms with Gasteiger partial charge in [-0.05, 0) is 39.1 Å². The van der Waals surface area contributed by atoms with Crippen LogP contribution in [0.3, 0.4) is 0 Å². The van der Waals surface area contributed by atoms with Crippen LogP contribution in [0.15, 0.2) is 22.8 Å². The first-order chi connectivity index (χ1) is 11.7. The number of likely N-dealkylation sites (N-methyl/N-ethyl adjacent to an activating group) is 1. The fourth-order valence-electron chi connectivity index (χ4n) is 2.88. The Hall–Kier alpha value is -2.03. The average Bonchev–Trinajstić information content (AvgIpc) is 3.07. The van der Waals surface area contributed by atoms with E-state index in [0.717, 1.165) is 10.7 Å². The normalized spacial score (nSPS) is 17.6. The van der Waals surface area contributed by atoms with E-state index in [-0.39, 0.29) is 37.9 Å². The minimum Gasteiger partial charge on any atom is -0.468 e. The number of nitrogens with zero attached hydrogens (tertiary/aromatic N) is 2. The maximum absolute atomic E-state index is 12.4. The highest BCUT2D eigenvalue weighted by Gasteiger charge is 2.43. The third kappa shape index (κ3) is 4.97. The molecule has 1 fully saturated rings. The molecular weight excluding hydrogens is 339 g/mol. The van der Waals surface area contributed by atoms with Crippen molar-refractivity contribution in [2.75, 3.05) is 33.7 Å². The minimum atomic E-state index is -4.86. The molecule has 2 rings (SSSR count). The van der Waals surface area contributed by atoms with Crippen LogP contribution in [0.1, 0.15) is 24.6 Å². The Morgan fingerprint density at radius 1 is 1.36 bits per heavy atom. The van der Waals surface area contributed by atoms with Crippen LogP contribution in [0.25, 0.3) is 0 Å². The van der Waals surface area contributed by atoms with E-state index in [2.05, 4.69) is 5.32 Å². The summed E-state index contributed by atoms with van der Waals surface area (Å²) in [5.74, 6) is -1.72. The molecule has 1 N–H and O–H groups in total. The molecule has 1 unspecified atom stereocenters. The van der Waals surface area contributed by atoms with Gasteiger partial charge in [-0.3, -0.25) is 14.5 Å². The second kappa shape index (κ2) is 7.90. The number of rotatable bonds is 5. The smallest absolute Gasteiger partial charge is 0.468 e. The molecule has 25 heavy (non-hydrogen) atoms. The van der Waals surface area contributed by atoms with Gasteiger partial charge >= 0.3 is 12.1 Å². The Morgan fingerprint density at radius 3 is 2.48 bits per heavy atom. The summed E-state index contributed by atoms with van der Waals surface area (Å²) in [5, 5.41) is 2.83. The van der Waals surface area contributed by atoms with Gasteiger partial charge in [0.25, 0.3) is 0 Å². The van der Waals surface area contributed by atoms with E-state index in [1.807, 2.05) is 25.1 Å². The van der Waals surface area contributed by atoms with Gasteiger partial charge in [-0.25, -0.2) is 0 Å². The number of piperidine rings is 1. The number of amides is 2. The summed E-state index contributed by atoms with van der Waals surface area (Å²) in [7, 11) is 3.72. The molecule has 0 saturated carbocycles. The maximum Gasteiger partial charge on any atom is 0.471 e. The molecule has 1 aromatic heterocycles. The quantitative estimate of drug-likeness (QED) is 0.869. The van der Waals surface area contributed by atoms with Crippen molar-refractivity contribution in [2.45, 2.75) is 25.1 Å². The fourth-order valence-corrected chi connectivity index (χ4v) is 2.88. The first kappa shape index (κ1) is 19.3. The zero-order valence-corrected chi connectivity index (χ0v) is 14.2. The summed E-state index contributed by atoms with van der Waals surface area (Å²) >= 11 is 0. The molecule has 2 amide bonds. The number of alkyl halides is 3. The average molecular weight is 361 g/mol. The third-order valence-electron chi connectivity index (χ3n) is 4.36. The molecule has 1 aliphatic rings. The molecule has 1 aliphatic heterocycles. The summed E-state index contributed by atoms with van der Waals surface area (Å²) < 4.78 is 42.6. The van der Waals surface area contributed by atoms with E-state index >= 15 is 0 Å². The summed E-state index contributed by atoms with van der Waals surface area (Å²) in [6, 6.07) is 3.45. The number of nitrogens with one attached hydrogen (secondary N) is 1. The summed E-state index contributed by atoms with van der Waals surface area (Å²) in [5.41, 5.74) is 0. The van der Waals surface area contributed by atoms with Crippen molar-refractivity contribution in [1.29, 1.82) is 0 Å². The number of likely N-dealkylation sites (tertiary alicyclic amines) is 1. The molecule has 1 saturated heterocycles. The van der Waals surface area contributed by atoms with Gasteiger partial charge in [-0.15, -0.1) is 0 Å². The molecule has 140 valence electrons. The second-order valence-electron chi connectivity index (χ2n) is 6.30. The maximum atomic E-state index is 12.4. The van der Waals surface area contributed by atoms with Crippen molar-refractivity contribution in [1.82, 2.24) is 15.1 Å². The van der Waals surface area contributed by atoms with Crippen LogP contribution in [-0.4, -0.2) is 61.5 Å². The lowest BCUT2D eigenvalue weighted by atomic mass is 9.95. The molecule has 0 aromatic carbocycles. The lowest BCUT2D eigenvalue weighted by Crippen LogP contribution is -2.48. The topological polar surface area (TPSA) is 65.8 Å². The fraction of sp³-hybridized carbons (Fsp3) is 0.625. The van der Waals surface area contributed by atoms with Gasteiger partial charge in [-0.2, -0.15) is 13.2 Å². The number of halogens is 3. The number of hydrogen-bond donors (Lipinski definition) is 1. The summed E-state index contributed by atoms with van der Waals surface area (Å²) in [4.78, 5) is 26.1. The highest BCUT2D eigenvalue weighted by Crippen LogP contribution is 2.24. The van der Waals surface area contributed by atoms with Gasteiger partial charge < -0.3 is 14.6 Å². The van der Waals surface area contributed by atoms with Crippen LogP contribution in [0.2, 0.25) is 0 Å². The highest BCUT2D eigenvalue weighted by molar-refractivity contribution is 5.83. The predicted molar refractivity (Wildman–Crippen MR) is 83.5 cm³/mol. The SMILES string of the molecule is CN(C)C(CNC(=O)C1CCN(C(=O)C(F)(F)F)CC1)c1ccco1. The zero-order chi connectivity index (χ0) is 18.6. The molecule has 9 heteroatoms. The molecule has 6 nitrogen and oxygen atoms in total. The Bertz CT molecular complexity index is 579. The Labute approximate surface area is 143 Å². The summed E-state index contributed by atoms with van der Waals surface area (Å²) in [6.07, 6.45) is -2.86. The van der Waals surface area contributed by atoms with Crippen LogP contribution in [0, 0.1) is 5.92 Å². The monoisotopic (exact) mass is 361 g/mol. The van der Waals surface area contributed by atoms with Gasteiger partial charge in [0.2, 0.25) is 5.91 Å². The van der Waals surface area contributed by atoms with Gasteiger partial charge in [0, 0.05) is 25.6 Å². The lowest BCUT2D eigenvalue weighted by Gasteiger charge is -2.32. The lowest BCUT2D eigenvalue weighted by molar-refractivity contribution is -0.186. The molecule has 0 aliphatic carbocycles. The van der Waals surface area contributed by atoms with Crippen molar-refractivity contribution < 1.29 is 27.2 Å². The van der Waals surface area contributed by atoms with Crippen LogP contribution < -0.4 is 5.32 Å². The first-order valence-electron chi connectivity index (χ1n) is 8.03. The molecular formula is C16H22F3N3O3. The largest absolute Gasteiger partial charge is 0.471 e. The molecule has 0 bridgehead atoms. The summed E-state index contributed by atoms with van der Waals surface area (Å²) in [6.45, 7) is 0.207. The molecule has 1 atom stereocenters. The Balaban J connectivity index is 1.83. The van der Waals surface area contributed by atoms with E-state index < -0.39 is 18.0 Å². The van der Waals surface area contributed by atoms with E-state index in [1.165, 1.54) is 0 Å². The van der Waals surface area contributed by atoms with Gasteiger partial charge in [0.05, 0.1) is 12.3 Å². The Kier molecular flexibility index (Phi) is 6.10. The molecule has 0 radical (unpaired) electrons. The van der Waals surface area contributed by atoms with E-state index in [0.29, 0.717) is 6.54 Å². The second-order valence-corrected chi connectivity index (χ2v) is 6.30. The van der Waals surface area contributed by atoms with Gasteiger partial charge in [-0.1, -0.05) is 0 Å². The zero-order valence-electron chi connectivity index (χ0n) is 14.2. The predicted octanol–water partition coefficient (Wildman–Crippen LogP) is 1.80. The van der Waals surface area contributed by atoms with E-state index in [9.17, 15) is 22.8 Å². The molecule has 0 spiro atoms. The Morgan fingerprint density at radius 2 is 2.00 bits per heavy atom. The van der Waals surface area contributed by atoms with Crippen molar-refractivity contribution >= 4 is 11.8 Å². The minimum absolute atomic E-state index is 0.0638. The van der Waals surface area contributed by atoms with Crippen molar-refractivity contribution in [2.24, 2.45) is 5.92 Å². The van der Waals surface area contributed by atoms with Crippen LogP contribution in [0.4, 0.5) is 13.2 Å².